The predicted octanol–water partition coefficient (Wildman–Crippen LogP) is 2.41. The van der Waals surface area contributed by atoms with E-state index in [1.807, 2.05) is 0 Å². The van der Waals surface area contributed by atoms with Gasteiger partial charge in [-0.05, 0) is 59.0 Å². The van der Waals surface area contributed by atoms with Crippen LogP contribution in [0, 0.1) is 0 Å². The molecular weight excluding hydrogens is 224 g/mol. The molecule has 0 amide bonds. The van der Waals surface area contributed by atoms with Crippen LogP contribution in [-0.4, -0.2) is 49.3 Å². The van der Waals surface area contributed by atoms with E-state index in [0.717, 1.165) is 25.2 Å². The van der Waals surface area contributed by atoms with Crippen LogP contribution in [0.4, 0.5) is 0 Å². The summed E-state index contributed by atoms with van der Waals surface area (Å²) >= 11 is 0. The molecule has 0 spiro atoms. The molecule has 2 unspecified atom stereocenters. The SMILES string of the molecule is CC(C)OCCCCNC1CCN2CCCCC12. The second-order valence-corrected chi connectivity index (χ2v) is 6.08. The fraction of sp³-hybridized carbons (Fsp3) is 1.00. The van der Waals surface area contributed by atoms with Crippen molar-refractivity contribution in [3.05, 3.63) is 0 Å². The summed E-state index contributed by atoms with van der Waals surface area (Å²) in [5.41, 5.74) is 0. The molecule has 0 aromatic heterocycles. The van der Waals surface area contributed by atoms with Crippen molar-refractivity contribution in [3.63, 3.8) is 0 Å². The minimum Gasteiger partial charge on any atom is -0.379 e. The summed E-state index contributed by atoms with van der Waals surface area (Å²) in [5, 5.41) is 3.77. The number of hydrogen-bond donors (Lipinski definition) is 1. The van der Waals surface area contributed by atoms with Gasteiger partial charge in [0, 0.05) is 25.2 Å². The van der Waals surface area contributed by atoms with Crippen molar-refractivity contribution in [1.29, 1.82) is 0 Å². The van der Waals surface area contributed by atoms with E-state index in [2.05, 4.69) is 24.1 Å². The lowest BCUT2D eigenvalue weighted by molar-refractivity contribution is 0.0758. The number of ether oxygens (including phenoxy) is 1. The second kappa shape index (κ2) is 7.46. The van der Waals surface area contributed by atoms with Crippen LogP contribution >= 0.6 is 0 Å². The Hall–Kier alpha value is -0.120. The third-order valence-corrected chi connectivity index (χ3v) is 4.28. The van der Waals surface area contributed by atoms with Crippen molar-refractivity contribution < 1.29 is 4.74 Å². The summed E-state index contributed by atoms with van der Waals surface area (Å²) < 4.78 is 5.56. The molecule has 2 fully saturated rings. The number of hydrogen-bond acceptors (Lipinski definition) is 3. The molecule has 2 atom stereocenters. The van der Waals surface area contributed by atoms with Crippen LogP contribution in [0.25, 0.3) is 0 Å². The number of rotatable bonds is 7. The van der Waals surface area contributed by atoms with Gasteiger partial charge in [0.15, 0.2) is 0 Å². The first kappa shape index (κ1) is 14.3. The fourth-order valence-electron chi connectivity index (χ4n) is 3.32. The Morgan fingerprint density at radius 2 is 2.06 bits per heavy atom. The fourth-order valence-corrected chi connectivity index (χ4v) is 3.32. The van der Waals surface area contributed by atoms with Crippen LogP contribution in [0.5, 0.6) is 0 Å². The molecule has 0 bridgehead atoms. The maximum atomic E-state index is 5.56. The van der Waals surface area contributed by atoms with Crippen molar-refractivity contribution in [1.82, 2.24) is 10.2 Å². The number of unbranched alkanes of at least 4 members (excludes halogenated alkanes) is 1. The Balaban J connectivity index is 1.54. The number of nitrogens with zero attached hydrogens (tertiary/aromatic N) is 1. The third-order valence-electron chi connectivity index (χ3n) is 4.28. The largest absolute Gasteiger partial charge is 0.379 e. The first-order valence-electron chi connectivity index (χ1n) is 7.86. The molecule has 2 aliphatic rings. The lowest BCUT2D eigenvalue weighted by atomic mass is 9.99. The molecule has 0 aromatic rings. The van der Waals surface area contributed by atoms with E-state index in [9.17, 15) is 0 Å². The van der Waals surface area contributed by atoms with Gasteiger partial charge in [0.25, 0.3) is 0 Å². The van der Waals surface area contributed by atoms with Gasteiger partial charge in [0.05, 0.1) is 6.10 Å². The molecule has 2 heterocycles. The molecule has 0 aliphatic carbocycles. The van der Waals surface area contributed by atoms with Crippen LogP contribution in [0.1, 0.15) is 52.4 Å². The van der Waals surface area contributed by atoms with Crippen molar-refractivity contribution in [2.24, 2.45) is 0 Å². The normalized spacial score (nSPS) is 28.8. The van der Waals surface area contributed by atoms with Gasteiger partial charge in [-0.1, -0.05) is 6.42 Å². The molecule has 0 saturated carbocycles. The molecule has 0 radical (unpaired) electrons. The van der Waals surface area contributed by atoms with Crippen molar-refractivity contribution in [2.45, 2.75) is 70.6 Å². The summed E-state index contributed by atoms with van der Waals surface area (Å²) in [5.74, 6) is 0. The molecule has 0 aromatic carbocycles. The molecule has 18 heavy (non-hydrogen) atoms. The zero-order valence-electron chi connectivity index (χ0n) is 12.2. The van der Waals surface area contributed by atoms with E-state index in [-0.39, 0.29) is 0 Å². The second-order valence-electron chi connectivity index (χ2n) is 6.08. The Bertz CT molecular complexity index is 233. The Morgan fingerprint density at radius 3 is 2.89 bits per heavy atom. The maximum absolute atomic E-state index is 5.56. The van der Waals surface area contributed by atoms with Crippen molar-refractivity contribution >= 4 is 0 Å². The van der Waals surface area contributed by atoms with Gasteiger partial charge < -0.3 is 10.1 Å². The third kappa shape index (κ3) is 4.22. The highest BCUT2D eigenvalue weighted by molar-refractivity contribution is 4.93. The zero-order chi connectivity index (χ0) is 12.8. The van der Waals surface area contributed by atoms with E-state index in [1.54, 1.807) is 0 Å². The van der Waals surface area contributed by atoms with Crippen LogP contribution < -0.4 is 5.32 Å². The van der Waals surface area contributed by atoms with E-state index in [1.165, 1.54) is 51.6 Å². The maximum Gasteiger partial charge on any atom is 0.0518 e. The summed E-state index contributed by atoms with van der Waals surface area (Å²) in [6.07, 6.45) is 8.42. The van der Waals surface area contributed by atoms with Gasteiger partial charge in [0.2, 0.25) is 0 Å². The smallest absolute Gasteiger partial charge is 0.0518 e. The first-order valence-corrected chi connectivity index (χ1v) is 7.86. The number of piperidine rings is 1. The summed E-state index contributed by atoms with van der Waals surface area (Å²) in [6, 6.07) is 1.60. The molecular formula is C15H30N2O. The molecule has 3 nitrogen and oxygen atoms in total. The summed E-state index contributed by atoms with van der Waals surface area (Å²) in [4.78, 5) is 2.70. The van der Waals surface area contributed by atoms with Crippen LogP contribution in [-0.2, 0) is 4.74 Å². The highest BCUT2D eigenvalue weighted by atomic mass is 16.5. The van der Waals surface area contributed by atoms with E-state index in [4.69, 9.17) is 4.74 Å². The van der Waals surface area contributed by atoms with Gasteiger partial charge in [-0.25, -0.2) is 0 Å². The van der Waals surface area contributed by atoms with Crippen molar-refractivity contribution in [3.8, 4) is 0 Å². The van der Waals surface area contributed by atoms with E-state index in [0.29, 0.717) is 6.10 Å². The molecule has 2 aliphatic heterocycles. The van der Waals surface area contributed by atoms with Gasteiger partial charge in [-0.15, -0.1) is 0 Å². The molecule has 106 valence electrons. The molecule has 2 saturated heterocycles. The highest BCUT2D eigenvalue weighted by Crippen LogP contribution is 2.26. The topological polar surface area (TPSA) is 24.5 Å². The van der Waals surface area contributed by atoms with E-state index < -0.39 is 0 Å². The number of fused-ring (bicyclic) bond motifs is 1. The molecule has 1 N–H and O–H groups in total. The monoisotopic (exact) mass is 254 g/mol. The van der Waals surface area contributed by atoms with Crippen LogP contribution in [0.2, 0.25) is 0 Å². The van der Waals surface area contributed by atoms with Gasteiger partial charge in [-0.2, -0.15) is 0 Å². The van der Waals surface area contributed by atoms with Crippen LogP contribution in [0.3, 0.4) is 0 Å². The Labute approximate surface area is 112 Å². The highest BCUT2D eigenvalue weighted by Gasteiger charge is 2.34. The van der Waals surface area contributed by atoms with Crippen LogP contribution in [0.15, 0.2) is 0 Å². The average Bonchev–Trinajstić information content (AvgIpc) is 2.77. The van der Waals surface area contributed by atoms with Crippen molar-refractivity contribution in [2.75, 3.05) is 26.2 Å². The minimum absolute atomic E-state index is 0.378. The summed E-state index contributed by atoms with van der Waals surface area (Å²) in [6.45, 7) is 8.95. The minimum atomic E-state index is 0.378. The lowest BCUT2D eigenvalue weighted by Crippen LogP contribution is -2.45. The van der Waals surface area contributed by atoms with Gasteiger partial charge in [0.1, 0.15) is 0 Å². The van der Waals surface area contributed by atoms with Gasteiger partial charge in [-0.3, -0.25) is 4.90 Å². The Kier molecular flexibility index (Phi) is 5.93. The first-order chi connectivity index (χ1) is 8.77. The predicted molar refractivity (Wildman–Crippen MR) is 75.9 cm³/mol. The molecule has 2 rings (SSSR count). The Morgan fingerprint density at radius 1 is 1.17 bits per heavy atom. The lowest BCUT2D eigenvalue weighted by Gasteiger charge is -2.32. The van der Waals surface area contributed by atoms with E-state index >= 15 is 0 Å². The summed E-state index contributed by atoms with van der Waals surface area (Å²) in [7, 11) is 0. The molecule has 3 heteroatoms. The average molecular weight is 254 g/mol. The number of nitrogens with one attached hydrogen (secondary N) is 1. The van der Waals surface area contributed by atoms with Gasteiger partial charge >= 0.3 is 0 Å². The quantitative estimate of drug-likeness (QED) is 0.706. The standard InChI is InChI=1S/C15H30N2O/c1-13(2)18-12-6-4-9-16-14-8-11-17-10-5-3-7-15(14)17/h13-16H,3-12H2,1-2H3. The zero-order valence-corrected chi connectivity index (χ0v) is 12.2.